The van der Waals surface area contributed by atoms with Crippen molar-refractivity contribution in [3.8, 4) is 0 Å². The normalized spacial score (nSPS) is 23.1. The Hall–Kier alpha value is -2.85. The molecule has 0 aliphatic carbocycles. The van der Waals surface area contributed by atoms with Crippen LogP contribution in [-0.4, -0.2) is 70.9 Å². The zero-order valence-corrected chi connectivity index (χ0v) is 21.2. The van der Waals surface area contributed by atoms with Crippen LogP contribution in [0.15, 0.2) is 18.2 Å². The number of nitrogens with two attached hydrogens (primary N) is 1. The molecule has 2 saturated heterocycles. The van der Waals surface area contributed by atoms with Gasteiger partial charge in [0.2, 0.25) is 11.8 Å². The molecule has 2 heterocycles. The van der Waals surface area contributed by atoms with Gasteiger partial charge >= 0.3 is 12.3 Å². The fourth-order valence-corrected chi connectivity index (χ4v) is 4.47. The van der Waals surface area contributed by atoms with E-state index < -0.39 is 41.7 Å². The third kappa shape index (κ3) is 6.24. The van der Waals surface area contributed by atoms with Crippen LogP contribution in [0.3, 0.4) is 0 Å². The summed E-state index contributed by atoms with van der Waals surface area (Å²) in [4.78, 5) is 52.9. The van der Waals surface area contributed by atoms with Crippen LogP contribution in [-0.2, 0) is 19.1 Å². The molecule has 5 N–H and O–H groups in total. The number of nitrogens with zero attached hydrogens (tertiary/aromatic N) is 1. The van der Waals surface area contributed by atoms with E-state index in [1.807, 2.05) is 27.7 Å². The van der Waals surface area contributed by atoms with Gasteiger partial charge in [-0.15, -0.1) is 0 Å². The van der Waals surface area contributed by atoms with Crippen molar-refractivity contribution in [2.24, 2.45) is 5.41 Å². The molecule has 10 nitrogen and oxygen atoms in total. The number of likely N-dealkylation sites (tertiary alicyclic amines) is 1. The molecule has 11 heteroatoms. The number of halogens is 1. The maximum absolute atomic E-state index is 13.6. The summed E-state index contributed by atoms with van der Waals surface area (Å²) in [5, 5.41) is 5.90. The van der Waals surface area contributed by atoms with Gasteiger partial charge < -0.3 is 30.7 Å². The fraction of sp³-hybridized carbons (Fsp3) is 0.583. The zero-order valence-electron chi connectivity index (χ0n) is 20.5. The average molecular weight is 510 g/mol. The Kier molecular flexibility index (Phi) is 8.27. The Morgan fingerprint density at radius 3 is 2.66 bits per heavy atom. The van der Waals surface area contributed by atoms with E-state index in [1.165, 1.54) is 23.1 Å². The average Bonchev–Trinajstić information content (AvgIpc) is 3.39. The van der Waals surface area contributed by atoms with Gasteiger partial charge in [0.05, 0.1) is 17.1 Å². The van der Waals surface area contributed by atoms with E-state index in [2.05, 4.69) is 15.4 Å². The number of ether oxygens (including phenoxy) is 2. The summed E-state index contributed by atoms with van der Waals surface area (Å²) in [5.41, 5.74) is 5.72. The van der Waals surface area contributed by atoms with Gasteiger partial charge in [-0.1, -0.05) is 32.4 Å². The molecular weight excluding hydrogens is 476 g/mol. The fourth-order valence-electron chi connectivity index (χ4n) is 4.29. The molecule has 1 aromatic rings. The van der Waals surface area contributed by atoms with Crippen molar-refractivity contribution < 1.29 is 28.7 Å². The molecule has 35 heavy (non-hydrogen) atoms. The Balaban J connectivity index is 1.74. The molecule has 0 spiro atoms. The van der Waals surface area contributed by atoms with E-state index in [0.29, 0.717) is 31.7 Å². The topological polar surface area (TPSA) is 144 Å². The molecule has 0 saturated carbocycles. The predicted molar refractivity (Wildman–Crippen MR) is 130 cm³/mol. The molecule has 3 amide bonds. The minimum Gasteiger partial charge on any atom is -0.399 e. The third-order valence-corrected chi connectivity index (χ3v) is 6.49. The van der Waals surface area contributed by atoms with Crippen molar-refractivity contribution >= 4 is 41.0 Å². The van der Waals surface area contributed by atoms with Crippen LogP contribution < -0.4 is 16.4 Å². The lowest BCUT2D eigenvalue weighted by atomic mass is 9.85. The minimum absolute atomic E-state index is 0.0331. The zero-order chi connectivity index (χ0) is 25.9. The summed E-state index contributed by atoms with van der Waals surface area (Å²) in [6.07, 6.45) is 0.430. The summed E-state index contributed by atoms with van der Waals surface area (Å²) in [6.45, 7) is 8.18. The summed E-state index contributed by atoms with van der Waals surface area (Å²) in [5.74, 6) is -1.60. The lowest BCUT2D eigenvalue weighted by Crippen LogP contribution is -2.58. The van der Waals surface area contributed by atoms with Crippen LogP contribution in [0.25, 0.3) is 0 Å². The molecule has 3 rings (SSSR count). The summed E-state index contributed by atoms with van der Waals surface area (Å²) in [6, 6.07) is 2.34. The van der Waals surface area contributed by atoms with E-state index in [9.17, 15) is 19.2 Å². The van der Waals surface area contributed by atoms with Gasteiger partial charge in [0.25, 0.3) is 5.91 Å². The van der Waals surface area contributed by atoms with E-state index in [4.69, 9.17) is 22.1 Å². The van der Waals surface area contributed by atoms with Gasteiger partial charge in [-0.2, -0.15) is 0 Å². The molecular formula is C24H34ClN4O6+. The van der Waals surface area contributed by atoms with Crippen molar-refractivity contribution in [1.29, 1.82) is 0 Å². The second-order valence-electron chi connectivity index (χ2n) is 9.90. The first kappa shape index (κ1) is 26.7. The van der Waals surface area contributed by atoms with Crippen LogP contribution in [0.4, 0.5) is 5.69 Å². The van der Waals surface area contributed by atoms with Gasteiger partial charge in [0, 0.05) is 19.0 Å². The molecule has 0 bridgehead atoms. The number of nitrogens with one attached hydrogen (secondary N) is 2. The van der Waals surface area contributed by atoms with Crippen LogP contribution in [0.5, 0.6) is 0 Å². The van der Waals surface area contributed by atoms with E-state index >= 15 is 0 Å². The number of hydrogen-bond donors (Lipinski definition) is 3. The molecule has 2 aliphatic heterocycles. The van der Waals surface area contributed by atoms with Crippen molar-refractivity contribution in [2.75, 3.05) is 18.9 Å². The predicted octanol–water partition coefficient (Wildman–Crippen LogP) is 1.36. The smallest absolute Gasteiger partial charge is 0.329 e. The van der Waals surface area contributed by atoms with Crippen molar-refractivity contribution in [3.63, 3.8) is 0 Å². The highest BCUT2D eigenvalue weighted by atomic mass is 35.5. The molecule has 2 aliphatic rings. The number of hydrogen-bond acceptors (Lipinski definition) is 6. The monoisotopic (exact) mass is 509 g/mol. The number of amides is 3. The molecule has 2 fully saturated rings. The van der Waals surface area contributed by atoms with Gasteiger partial charge in [-0.25, -0.2) is 0 Å². The standard InChI is InChI=1S/C24H33ClN4O6/c1-5-34-23-16(12-18(30)35-23)27-21(32)17-7-6-10-29(17)22(33)19(24(2,3)4)28-20(31)13-8-9-15(26)14(25)11-13/h8-9,11,16-17,19,23H,5-7,10,12,26H2,1-4H3,(H,27,32)(H,28,31)/p+1. The number of carbonyl (C=O) groups is 4. The quantitative estimate of drug-likeness (QED) is 0.287. The number of rotatable bonds is 7. The van der Waals surface area contributed by atoms with E-state index in [0.717, 1.165) is 0 Å². The van der Waals surface area contributed by atoms with Crippen molar-refractivity contribution in [1.82, 2.24) is 15.5 Å². The molecule has 4 unspecified atom stereocenters. The maximum atomic E-state index is 13.6. The number of carbonyl (C=O) groups excluding carboxylic acids is 4. The van der Waals surface area contributed by atoms with Crippen LogP contribution in [0.1, 0.15) is 57.3 Å². The second-order valence-corrected chi connectivity index (χ2v) is 10.3. The van der Waals surface area contributed by atoms with Crippen LogP contribution in [0, 0.1) is 5.41 Å². The van der Waals surface area contributed by atoms with Crippen molar-refractivity contribution in [2.45, 2.75) is 71.4 Å². The van der Waals surface area contributed by atoms with Crippen LogP contribution in [0.2, 0.25) is 5.02 Å². The van der Waals surface area contributed by atoms with E-state index in [-0.39, 0.29) is 28.8 Å². The molecule has 1 aromatic carbocycles. The molecule has 0 radical (unpaired) electrons. The summed E-state index contributed by atoms with van der Waals surface area (Å²) < 4.78 is 9.39. The summed E-state index contributed by atoms with van der Waals surface area (Å²) in [7, 11) is 0. The Morgan fingerprint density at radius 2 is 2.03 bits per heavy atom. The SMILES string of the molecule is CC[OH+]C1OC(=O)CC1NC(=O)C1CCCN1C(=O)C(NC(=O)c1ccc(N)c(Cl)c1)C(C)(C)C. The maximum Gasteiger partial charge on any atom is 0.329 e. The number of benzene rings is 1. The van der Waals surface area contributed by atoms with Gasteiger partial charge in [-0.05, 0) is 36.5 Å². The minimum atomic E-state index is -0.890. The highest BCUT2D eigenvalue weighted by molar-refractivity contribution is 6.33. The highest BCUT2D eigenvalue weighted by Crippen LogP contribution is 2.27. The molecule has 4 atom stereocenters. The Labute approximate surface area is 209 Å². The largest absolute Gasteiger partial charge is 0.399 e. The molecule has 192 valence electrons. The molecule has 0 aromatic heterocycles. The third-order valence-electron chi connectivity index (χ3n) is 6.16. The first-order chi connectivity index (χ1) is 16.4. The summed E-state index contributed by atoms with van der Waals surface area (Å²) >= 11 is 6.05. The second kappa shape index (κ2) is 10.8. The van der Waals surface area contributed by atoms with Crippen LogP contribution >= 0.6 is 11.6 Å². The van der Waals surface area contributed by atoms with Crippen molar-refractivity contribution in [3.05, 3.63) is 28.8 Å². The van der Waals surface area contributed by atoms with Gasteiger partial charge in [0.1, 0.15) is 18.7 Å². The number of esters is 1. The highest BCUT2D eigenvalue weighted by Gasteiger charge is 2.45. The number of cyclic esters (lactones) is 1. The van der Waals surface area contributed by atoms with Gasteiger partial charge in [-0.3, -0.25) is 19.2 Å². The first-order valence-corrected chi connectivity index (χ1v) is 12.1. The lowest BCUT2D eigenvalue weighted by Gasteiger charge is -2.35. The Morgan fingerprint density at radius 1 is 1.31 bits per heavy atom. The Bertz CT molecular complexity index is 995. The number of aliphatic hydroxyl groups is 2. The van der Waals surface area contributed by atoms with Gasteiger partial charge in [0.15, 0.2) is 6.04 Å². The lowest BCUT2D eigenvalue weighted by molar-refractivity contribution is -0.220. The first-order valence-electron chi connectivity index (χ1n) is 11.7. The van der Waals surface area contributed by atoms with E-state index in [1.54, 1.807) is 0 Å². The number of nitrogen functional groups attached to an aromatic ring is 1. The number of anilines is 1.